The summed E-state index contributed by atoms with van der Waals surface area (Å²) in [5.74, 6) is 0.917. The maximum Gasteiger partial charge on any atom is 0.241 e. The van der Waals surface area contributed by atoms with Gasteiger partial charge in [0, 0.05) is 31.7 Å². The van der Waals surface area contributed by atoms with Crippen LogP contribution >= 0.6 is 0 Å². The van der Waals surface area contributed by atoms with Crippen LogP contribution in [0.5, 0.6) is 0 Å². The van der Waals surface area contributed by atoms with Crippen molar-refractivity contribution in [1.29, 1.82) is 0 Å². The number of hydrogen-bond acceptors (Lipinski definition) is 4. The van der Waals surface area contributed by atoms with E-state index in [0.717, 1.165) is 43.2 Å². The van der Waals surface area contributed by atoms with E-state index in [0.29, 0.717) is 18.5 Å². The number of anilines is 1. The molecule has 32 heavy (non-hydrogen) atoms. The van der Waals surface area contributed by atoms with Crippen molar-refractivity contribution in [3.05, 3.63) is 59.2 Å². The van der Waals surface area contributed by atoms with Gasteiger partial charge in [0.05, 0.1) is 4.90 Å². The number of likely N-dealkylation sites (tertiary alicyclic amines) is 1. The van der Waals surface area contributed by atoms with Gasteiger partial charge in [0.25, 0.3) is 0 Å². The molecule has 7 heteroatoms. The van der Waals surface area contributed by atoms with E-state index in [1.165, 1.54) is 18.4 Å². The number of carbonyl (C=O) groups is 1. The molecule has 4 rings (SSSR count). The average molecular weight is 456 g/mol. The second-order valence-corrected chi connectivity index (χ2v) is 10.9. The topological polar surface area (TPSA) is 69.7 Å². The summed E-state index contributed by atoms with van der Waals surface area (Å²) in [6, 6.07) is 13.3. The minimum Gasteiger partial charge on any atom is -0.312 e. The van der Waals surface area contributed by atoms with Gasteiger partial charge in [0.1, 0.15) is 0 Å². The van der Waals surface area contributed by atoms with Gasteiger partial charge in [-0.15, -0.1) is 0 Å². The molecular formula is C25H33N3O3S. The molecule has 2 heterocycles. The van der Waals surface area contributed by atoms with E-state index in [1.54, 1.807) is 30.0 Å². The van der Waals surface area contributed by atoms with Crippen LogP contribution in [0.15, 0.2) is 47.4 Å². The van der Waals surface area contributed by atoms with E-state index >= 15 is 0 Å². The Morgan fingerprint density at radius 2 is 1.69 bits per heavy atom. The van der Waals surface area contributed by atoms with Crippen LogP contribution in [0.2, 0.25) is 0 Å². The highest BCUT2D eigenvalue weighted by Crippen LogP contribution is 2.26. The van der Waals surface area contributed by atoms with Gasteiger partial charge >= 0.3 is 0 Å². The third-order valence-electron chi connectivity index (χ3n) is 6.60. The van der Waals surface area contributed by atoms with Gasteiger partial charge in [0.15, 0.2) is 0 Å². The molecule has 1 N–H and O–H groups in total. The van der Waals surface area contributed by atoms with Crippen molar-refractivity contribution in [2.45, 2.75) is 57.5 Å². The van der Waals surface area contributed by atoms with Gasteiger partial charge in [-0.1, -0.05) is 31.2 Å². The van der Waals surface area contributed by atoms with Gasteiger partial charge in [-0.3, -0.25) is 9.69 Å². The molecule has 0 unspecified atom stereocenters. The zero-order valence-electron chi connectivity index (χ0n) is 19.0. The van der Waals surface area contributed by atoms with Crippen LogP contribution < -0.4 is 9.62 Å². The maximum atomic E-state index is 12.9. The number of nitrogens with zero attached hydrogens (tertiary/aromatic N) is 2. The molecule has 172 valence electrons. The molecule has 2 fully saturated rings. The number of nitrogens with one attached hydrogen (secondary N) is 1. The lowest BCUT2D eigenvalue weighted by Gasteiger charge is -2.30. The quantitative estimate of drug-likeness (QED) is 0.689. The van der Waals surface area contributed by atoms with E-state index in [-0.39, 0.29) is 17.3 Å². The van der Waals surface area contributed by atoms with Crippen molar-refractivity contribution in [2.24, 2.45) is 5.92 Å². The van der Waals surface area contributed by atoms with Crippen molar-refractivity contribution in [3.63, 3.8) is 0 Å². The Morgan fingerprint density at radius 3 is 2.31 bits per heavy atom. The zero-order valence-corrected chi connectivity index (χ0v) is 19.8. The highest BCUT2D eigenvalue weighted by Gasteiger charge is 2.24. The summed E-state index contributed by atoms with van der Waals surface area (Å²) in [6.07, 6.45) is 3.91. The van der Waals surface area contributed by atoms with Crippen LogP contribution in [0.3, 0.4) is 0 Å². The molecule has 0 spiro atoms. The van der Waals surface area contributed by atoms with Crippen LogP contribution in [-0.2, 0) is 27.9 Å². The Hall–Kier alpha value is -2.22. The lowest BCUT2D eigenvalue weighted by atomic mass is 9.99. The van der Waals surface area contributed by atoms with E-state index in [1.807, 2.05) is 12.1 Å². The first-order chi connectivity index (χ1) is 15.3. The average Bonchev–Trinajstić information content (AvgIpc) is 3.20. The first-order valence-electron chi connectivity index (χ1n) is 11.5. The smallest absolute Gasteiger partial charge is 0.241 e. The van der Waals surface area contributed by atoms with Crippen molar-refractivity contribution in [2.75, 3.05) is 24.5 Å². The predicted molar refractivity (Wildman–Crippen MR) is 127 cm³/mol. The van der Waals surface area contributed by atoms with Crippen molar-refractivity contribution in [1.82, 2.24) is 9.62 Å². The van der Waals surface area contributed by atoms with Crippen LogP contribution in [0.1, 0.15) is 49.3 Å². The summed E-state index contributed by atoms with van der Waals surface area (Å²) in [6.45, 7) is 8.26. The lowest BCUT2D eigenvalue weighted by Crippen LogP contribution is -2.32. The summed E-state index contributed by atoms with van der Waals surface area (Å²) in [4.78, 5) is 16.4. The number of aryl methyl sites for hydroxylation is 1. The first-order valence-corrected chi connectivity index (χ1v) is 13.0. The molecule has 0 aliphatic carbocycles. The molecule has 0 aromatic heterocycles. The molecule has 6 nitrogen and oxygen atoms in total. The van der Waals surface area contributed by atoms with Crippen molar-refractivity contribution in [3.8, 4) is 0 Å². The third-order valence-corrected chi connectivity index (χ3v) is 8.17. The Morgan fingerprint density at radius 1 is 1.00 bits per heavy atom. The van der Waals surface area contributed by atoms with Crippen LogP contribution in [0, 0.1) is 12.8 Å². The van der Waals surface area contributed by atoms with E-state index in [2.05, 4.69) is 28.7 Å². The van der Waals surface area contributed by atoms with E-state index in [4.69, 9.17) is 0 Å². The molecule has 0 saturated carbocycles. The standard InChI is InChI=1S/C25H33N3O3S/c1-19-11-14-27(15-12-19)18-22-7-5-21(6-8-22)17-26-32(30,31)24-10-9-23(16-20(24)2)28-13-3-4-25(28)29/h5-10,16,19,26H,3-4,11-15,17-18H2,1-2H3. The molecule has 2 aliphatic heterocycles. The Kier molecular flexibility index (Phi) is 6.98. The summed E-state index contributed by atoms with van der Waals surface area (Å²) in [5.41, 5.74) is 3.60. The minimum atomic E-state index is -3.64. The SMILES string of the molecule is Cc1cc(N2CCCC2=O)ccc1S(=O)(=O)NCc1ccc(CN2CCC(C)CC2)cc1. The fraction of sp³-hybridized carbons (Fsp3) is 0.480. The van der Waals surface area contributed by atoms with Gasteiger partial charge in [-0.25, -0.2) is 13.1 Å². The molecule has 0 radical (unpaired) electrons. The van der Waals surface area contributed by atoms with E-state index in [9.17, 15) is 13.2 Å². The normalized spacial score (nSPS) is 18.4. The Bertz CT molecular complexity index is 1060. The van der Waals surface area contributed by atoms with Crippen molar-refractivity contribution >= 4 is 21.6 Å². The molecule has 2 aromatic rings. The summed E-state index contributed by atoms with van der Waals surface area (Å²) < 4.78 is 28.5. The number of rotatable bonds is 7. The molecule has 2 saturated heterocycles. The van der Waals surface area contributed by atoms with Gasteiger partial charge in [-0.2, -0.15) is 0 Å². The highest BCUT2D eigenvalue weighted by molar-refractivity contribution is 7.89. The predicted octanol–water partition coefficient (Wildman–Crippen LogP) is 3.83. The maximum absolute atomic E-state index is 12.9. The number of hydrogen-bond donors (Lipinski definition) is 1. The third kappa shape index (κ3) is 5.39. The molecule has 2 aliphatic rings. The summed E-state index contributed by atoms with van der Waals surface area (Å²) >= 11 is 0. The Balaban J connectivity index is 1.36. The monoisotopic (exact) mass is 455 g/mol. The van der Waals surface area contributed by atoms with Gasteiger partial charge < -0.3 is 4.90 Å². The number of benzene rings is 2. The summed E-state index contributed by atoms with van der Waals surface area (Å²) in [5, 5.41) is 0. The number of piperidine rings is 1. The number of carbonyl (C=O) groups excluding carboxylic acids is 1. The Labute approximate surface area is 191 Å². The second kappa shape index (κ2) is 9.73. The fourth-order valence-corrected chi connectivity index (χ4v) is 5.76. The zero-order chi connectivity index (χ0) is 22.7. The molecule has 1 amide bonds. The molecule has 0 bridgehead atoms. The lowest BCUT2D eigenvalue weighted by molar-refractivity contribution is -0.117. The number of sulfonamides is 1. The highest BCUT2D eigenvalue weighted by atomic mass is 32.2. The van der Waals surface area contributed by atoms with Crippen LogP contribution in [0.4, 0.5) is 5.69 Å². The second-order valence-electron chi connectivity index (χ2n) is 9.20. The van der Waals surface area contributed by atoms with Gasteiger partial charge in [0.2, 0.25) is 15.9 Å². The fourth-order valence-electron chi connectivity index (χ4n) is 4.52. The van der Waals surface area contributed by atoms with Gasteiger partial charge in [-0.05, 0) is 80.1 Å². The number of amides is 1. The molecule has 2 aromatic carbocycles. The van der Waals surface area contributed by atoms with E-state index < -0.39 is 10.0 Å². The van der Waals surface area contributed by atoms with Crippen LogP contribution in [0.25, 0.3) is 0 Å². The van der Waals surface area contributed by atoms with Crippen molar-refractivity contribution < 1.29 is 13.2 Å². The summed E-state index contributed by atoms with van der Waals surface area (Å²) in [7, 11) is -3.64. The molecular weight excluding hydrogens is 422 g/mol. The first kappa shape index (κ1) is 23.0. The largest absolute Gasteiger partial charge is 0.312 e. The minimum absolute atomic E-state index is 0.0939. The molecule has 0 atom stereocenters. The van der Waals surface area contributed by atoms with Crippen LogP contribution in [-0.4, -0.2) is 38.9 Å².